The second kappa shape index (κ2) is 14.5. The maximum Gasteiger partial charge on any atom is 0.290 e. The Morgan fingerprint density at radius 2 is 1.90 bits per heavy atom. The van der Waals surface area contributed by atoms with E-state index in [9.17, 15) is 9.59 Å². The van der Waals surface area contributed by atoms with Crippen LogP contribution in [0.5, 0.6) is 0 Å². The zero-order valence-electron chi connectivity index (χ0n) is 13.0. The molecule has 0 aliphatic heterocycles. The van der Waals surface area contributed by atoms with Gasteiger partial charge in [-0.05, 0) is 31.4 Å². The van der Waals surface area contributed by atoms with Crippen LogP contribution in [0, 0.1) is 5.92 Å². The molecule has 0 fully saturated rings. The molecule has 0 heterocycles. The van der Waals surface area contributed by atoms with Crippen molar-refractivity contribution in [2.24, 2.45) is 11.7 Å². The monoisotopic (exact) mass is 301 g/mol. The van der Waals surface area contributed by atoms with Gasteiger partial charge in [-0.1, -0.05) is 19.9 Å². The van der Waals surface area contributed by atoms with Crippen molar-refractivity contribution >= 4 is 18.3 Å². The third kappa shape index (κ3) is 18.1. The summed E-state index contributed by atoms with van der Waals surface area (Å²) in [5.41, 5.74) is 5.72. The molecule has 0 aromatic heterocycles. The van der Waals surface area contributed by atoms with Crippen LogP contribution in [0.15, 0.2) is 12.3 Å². The van der Waals surface area contributed by atoms with E-state index >= 15 is 0 Å². The van der Waals surface area contributed by atoms with Gasteiger partial charge in [0, 0.05) is 13.5 Å². The van der Waals surface area contributed by atoms with Gasteiger partial charge >= 0.3 is 0 Å². The molecule has 0 aromatic rings. The van der Waals surface area contributed by atoms with Crippen molar-refractivity contribution in [1.29, 1.82) is 0 Å². The molecule has 122 valence electrons. The molecule has 0 aromatic carbocycles. The van der Waals surface area contributed by atoms with Crippen LogP contribution in [0.25, 0.3) is 0 Å². The summed E-state index contributed by atoms with van der Waals surface area (Å²) in [4.78, 5) is 30.5. The van der Waals surface area contributed by atoms with Crippen molar-refractivity contribution in [3.63, 3.8) is 0 Å². The van der Waals surface area contributed by atoms with Gasteiger partial charge in [-0.2, -0.15) is 0 Å². The fraction of sp³-hybridized carbons (Fsp3) is 0.643. The second-order valence-electron chi connectivity index (χ2n) is 4.88. The summed E-state index contributed by atoms with van der Waals surface area (Å²) >= 11 is 0. The Kier molecular flexibility index (Phi) is 14.8. The van der Waals surface area contributed by atoms with Crippen LogP contribution in [-0.2, 0) is 14.4 Å². The summed E-state index contributed by atoms with van der Waals surface area (Å²) < 4.78 is 0. The quantitative estimate of drug-likeness (QED) is 0.386. The third-order valence-corrected chi connectivity index (χ3v) is 2.33. The molecule has 21 heavy (non-hydrogen) atoms. The maximum atomic E-state index is 11.5. The summed E-state index contributed by atoms with van der Waals surface area (Å²) in [5, 5.41) is 12.2. The minimum Gasteiger partial charge on any atom is -0.483 e. The minimum absolute atomic E-state index is 0.0214. The topological polar surface area (TPSA) is 122 Å². The number of carbonyl (C=O) groups excluding carboxylic acids is 2. The van der Waals surface area contributed by atoms with E-state index in [0.29, 0.717) is 18.9 Å². The molecule has 1 atom stereocenters. The first-order valence-electron chi connectivity index (χ1n) is 6.88. The Labute approximate surface area is 126 Å². The molecule has 0 saturated carbocycles. The fourth-order valence-electron chi connectivity index (χ4n) is 1.43. The molecule has 2 amide bonds. The minimum atomic E-state index is -0.450. The molecule has 0 aliphatic rings. The maximum absolute atomic E-state index is 11.5. The van der Waals surface area contributed by atoms with Gasteiger partial charge in [-0.3, -0.25) is 14.4 Å². The van der Waals surface area contributed by atoms with Gasteiger partial charge in [0.05, 0.1) is 6.04 Å². The highest BCUT2D eigenvalue weighted by Crippen LogP contribution is 2.02. The summed E-state index contributed by atoms with van der Waals surface area (Å²) in [6.07, 6.45) is 5.82. The van der Waals surface area contributed by atoms with Gasteiger partial charge in [0.1, 0.15) is 0 Å². The van der Waals surface area contributed by atoms with Crippen LogP contribution in [-0.4, -0.2) is 36.0 Å². The molecule has 0 rings (SSSR count). The molecular weight excluding hydrogens is 274 g/mol. The van der Waals surface area contributed by atoms with E-state index < -0.39 is 6.04 Å². The second-order valence-corrected chi connectivity index (χ2v) is 4.88. The first kappa shape index (κ1) is 21.4. The van der Waals surface area contributed by atoms with Crippen LogP contribution in [0.4, 0.5) is 0 Å². The Hall–Kier alpha value is -1.89. The first-order valence-corrected chi connectivity index (χ1v) is 6.88. The highest BCUT2D eigenvalue weighted by molar-refractivity contribution is 5.82. The Balaban J connectivity index is 0. The molecule has 0 aliphatic carbocycles. The van der Waals surface area contributed by atoms with E-state index in [1.165, 1.54) is 6.92 Å². The van der Waals surface area contributed by atoms with Crippen LogP contribution in [0.1, 0.15) is 40.0 Å². The number of carboxylic acid groups (broad SMARTS) is 1. The van der Waals surface area contributed by atoms with E-state index in [-0.39, 0.29) is 18.3 Å². The van der Waals surface area contributed by atoms with Crippen LogP contribution >= 0.6 is 0 Å². The molecule has 7 nitrogen and oxygen atoms in total. The first-order chi connectivity index (χ1) is 9.84. The number of nitrogens with two attached hydrogens (primary N) is 1. The molecule has 0 bridgehead atoms. The summed E-state index contributed by atoms with van der Waals surface area (Å²) in [6.45, 7) is 5.96. The SMILES string of the molecule is CC(=O)NCCC/C=C/NC(=O)[C@@H](N)CC(C)C.O=CO. The lowest BCUT2D eigenvalue weighted by Crippen LogP contribution is -2.39. The lowest BCUT2D eigenvalue weighted by molar-refractivity contribution is -0.123. The fourth-order valence-corrected chi connectivity index (χ4v) is 1.43. The summed E-state index contributed by atoms with van der Waals surface area (Å²) in [7, 11) is 0. The van der Waals surface area contributed by atoms with Crippen molar-refractivity contribution in [1.82, 2.24) is 10.6 Å². The van der Waals surface area contributed by atoms with Gasteiger partial charge in [-0.15, -0.1) is 0 Å². The average Bonchev–Trinajstić information content (AvgIpc) is 2.37. The molecule has 0 unspecified atom stereocenters. The average molecular weight is 301 g/mol. The number of hydrogen-bond donors (Lipinski definition) is 4. The van der Waals surface area contributed by atoms with Gasteiger partial charge in [0.25, 0.3) is 6.47 Å². The summed E-state index contributed by atoms with van der Waals surface area (Å²) in [5.74, 6) is 0.237. The van der Waals surface area contributed by atoms with Crippen molar-refractivity contribution in [2.75, 3.05) is 6.54 Å². The molecule has 7 heteroatoms. The number of carbonyl (C=O) groups is 3. The molecule has 0 radical (unpaired) electrons. The summed E-state index contributed by atoms with van der Waals surface area (Å²) in [6, 6.07) is -0.450. The van der Waals surface area contributed by atoms with E-state index in [1.807, 2.05) is 19.9 Å². The molecule has 0 spiro atoms. The molecule has 5 N–H and O–H groups in total. The molecule has 0 saturated heterocycles. The Bertz CT molecular complexity index is 330. The Morgan fingerprint density at radius 1 is 1.33 bits per heavy atom. The zero-order chi connectivity index (χ0) is 16.7. The van der Waals surface area contributed by atoms with Crippen molar-refractivity contribution in [3.8, 4) is 0 Å². The molecular formula is C14H27N3O4. The number of allylic oxidation sites excluding steroid dienone is 1. The highest BCUT2D eigenvalue weighted by Gasteiger charge is 2.12. The predicted molar refractivity (Wildman–Crippen MR) is 81.3 cm³/mol. The van der Waals surface area contributed by atoms with Crippen LogP contribution in [0.2, 0.25) is 0 Å². The van der Waals surface area contributed by atoms with E-state index in [1.54, 1.807) is 6.20 Å². The van der Waals surface area contributed by atoms with E-state index in [0.717, 1.165) is 12.8 Å². The van der Waals surface area contributed by atoms with Crippen LogP contribution in [0.3, 0.4) is 0 Å². The van der Waals surface area contributed by atoms with Gasteiger partial charge in [0.2, 0.25) is 11.8 Å². The van der Waals surface area contributed by atoms with Gasteiger partial charge in [-0.25, -0.2) is 0 Å². The number of unbranched alkanes of at least 4 members (excludes halogenated alkanes) is 1. The normalized spacial score (nSPS) is 11.5. The Morgan fingerprint density at radius 3 is 2.38 bits per heavy atom. The van der Waals surface area contributed by atoms with E-state index in [4.69, 9.17) is 15.6 Å². The number of amides is 2. The number of rotatable bonds is 8. The lowest BCUT2D eigenvalue weighted by atomic mass is 10.0. The zero-order valence-corrected chi connectivity index (χ0v) is 13.0. The standard InChI is InChI=1S/C13H25N3O2.CH2O2/c1-10(2)9-12(14)13(18)16-8-6-4-5-7-15-11(3)17;2-1-3/h6,8,10,12H,4-5,7,9,14H2,1-3H3,(H,15,17)(H,16,18);1H,(H,2,3)/b8-6+;/t12-;/m0./s1. The largest absolute Gasteiger partial charge is 0.483 e. The number of hydrogen-bond acceptors (Lipinski definition) is 4. The van der Waals surface area contributed by atoms with Crippen molar-refractivity contribution in [3.05, 3.63) is 12.3 Å². The highest BCUT2D eigenvalue weighted by atomic mass is 16.3. The van der Waals surface area contributed by atoms with Gasteiger partial charge in [0.15, 0.2) is 0 Å². The van der Waals surface area contributed by atoms with Crippen LogP contribution < -0.4 is 16.4 Å². The lowest BCUT2D eigenvalue weighted by Gasteiger charge is -2.12. The van der Waals surface area contributed by atoms with Crippen molar-refractivity contribution < 1.29 is 19.5 Å². The smallest absolute Gasteiger partial charge is 0.290 e. The third-order valence-electron chi connectivity index (χ3n) is 2.33. The van der Waals surface area contributed by atoms with Crippen molar-refractivity contribution in [2.45, 2.75) is 46.1 Å². The van der Waals surface area contributed by atoms with Gasteiger partial charge < -0.3 is 21.5 Å². The predicted octanol–water partition coefficient (Wildman–Crippen LogP) is 0.607. The number of nitrogens with one attached hydrogen (secondary N) is 2. The van der Waals surface area contributed by atoms with E-state index in [2.05, 4.69) is 10.6 Å².